The van der Waals surface area contributed by atoms with E-state index in [0.29, 0.717) is 15.9 Å². The number of thioether (sulfide) groups is 1. The first-order valence-electron chi connectivity index (χ1n) is 7.76. The molecule has 1 fully saturated rings. The number of amidine groups is 1. The molecule has 2 amide bonds. The van der Waals surface area contributed by atoms with E-state index < -0.39 is 5.25 Å². The summed E-state index contributed by atoms with van der Waals surface area (Å²) >= 11 is 9.38. The minimum Gasteiger partial charge on any atom is -0.335 e. The predicted molar refractivity (Wildman–Crippen MR) is 116 cm³/mol. The Hall–Kier alpha value is -1.58. The van der Waals surface area contributed by atoms with Crippen LogP contribution in [0.1, 0.15) is 6.42 Å². The number of benzene rings is 2. The lowest BCUT2D eigenvalue weighted by molar-refractivity contribution is -0.121. The fraction of sp³-hybridized carbons (Fsp3) is 0.167. The zero-order valence-corrected chi connectivity index (χ0v) is 17.5. The highest BCUT2D eigenvalue weighted by atomic mass is 127. The third-order valence-corrected chi connectivity index (χ3v) is 5.87. The number of hydrogen-bond acceptors (Lipinski definition) is 4. The number of nitrogens with one attached hydrogen (secondary N) is 1. The topological polar surface area (TPSA) is 61.8 Å². The molecule has 3 rings (SSSR count). The molecule has 1 heterocycles. The number of carbonyl (C=O) groups is 2. The molecule has 0 radical (unpaired) electrons. The highest BCUT2D eigenvalue weighted by Crippen LogP contribution is 2.31. The summed E-state index contributed by atoms with van der Waals surface area (Å²) in [6.45, 7) is 0. The number of amides is 2. The van der Waals surface area contributed by atoms with Gasteiger partial charge in [-0.05, 0) is 71.1 Å². The third kappa shape index (κ3) is 4.39. The van der Waals surface area contributed by atoms with Gasteiger partial charge in [-0.15, -0.1) is 0 Å². The molecule has 1 N–H and O–H groups in total. The van der Waals surface area contributed by atoms with E-state index in [2.05, 4.69) is 32.9 Å². The average Bonchev–Trinajstić information content (AvgIpc) is 2.91. The molecule has 2 aromatic rings. The number of carbonyl (C=O) groups excluding carboxylic acids is 2. The van der Waals surface area contributed by atoms with Crippen LogP contribution in [0.4, 0.5) is 11.4 Å². The van der Waals surface area contributed by atoms with Crippen LogP contribution < -0.4 is 10.2 Å². The van der Waals surface area contributed by atoms with E-state index in [-0.39, 0.29) is 18.2 Å². The quantitative estimate of drug-likeness (QED) is 0.294. The van der Waals surface area contributed by atoms with E-state index in [9.17, 15) is 9.59 Å². The van der Waals surface area contributed by atoms with Crippen molar-refractivity contribution >= 4 is 74.3 Å². The van der Waals surface area contributed by atoms with Crippen molar-refractivity contribution in [2.24, 2.45) is 4.99 Å². The van der Waals surface area contributed by atoms with Crippen LogP contribution >= 0.6 is 46.0 Å². The highest BCUT2D eigenvalue weighted by Gasteiger charge is 2.40. The van der Waals surface area contributed by atoms with Gasteiger partial charge in [0, 0.05) is 27.7 Å². The van der Waals surface area contributed by atoms with Crippen LogP contribution in [0, 0.1) is 3.57 Å². The molecular formula is C18H15ClIN3O2S. The molecule has 1 saturated heterocycles. The Bertz CT molecular complexity index is 856. The monoisotopic (exact) mass is 499 g/mol. The Kier molecular flexibility index (Phi) is 6.20. The molecule has 0 aromatic heterocycles. The van der Waals surface area contributed by atoms with Crippen LogP contribution in [0.5, 0.6) is 0 Å². The maximum atomic E-state index is 12.7. The fourth-order valence-corrected chi connectivity index (χ4v) is 3.96. The molecule has 0 bridgehead atoms. The molecule has 0 unspecified atom stereocenters. The zero-order valence-electron chi connectivity index (χ0n) is 13.8. The molecule has 5 nitrogen and oxygen atoms in total. The van der Waals surface area contributed by atoms with Gasteiger partial charge in [-0.3, -0.25) is 14.6 Å². The number of aliphatic imine (C=N–C) groups is 1. The van der Waals surface area contributed by atoms with Crippen LogP contribution in [0.15, 0.2) is 53.5 Å². The SMILES string of the molecule is CN=C(Nc1ccc(I)cc1)S[C@@H]1CC(=O)N(c2ccc(Cl)cc2)C1=O. The van der Waals surface area contributed by atoms with E-state index in [1.54, 1.807) is 31.3 Å². The maximum Gasteiger partial charge on any atom is 0.247 e. The molecule has 1 aliphatic rings. The van der Waals surface area contributed by atoms with Gasteiger partial charge in [0.15, 0.2) is 5.17 Å². The first-order valence-corrected chi connectivity index (χ1v) is 10.1. The van der Waals surface area contributed by atoms with Crippen LogP contribution in [0.3, 0.4) is 0 Å². The van der Waals surface area contributed by atoms with Gasteiger partial charge < -0.3 is 5.32 Å². The second kappa shape index (κ2) is 8.41. The molecule has 1 aliphatic heterocycles. The molecule has 0 saturated carbocycles. The van der Waals surface area contributed by atoms with E-state index in [1.165, 1.54) is 16.7 Å². The standard InChI is InChI=1S/C18H15ClIN3O2S/c1-21-18(22-13-6-4-12(20)5-7-13)26-15-10-16(24)23(17(15)25)14-8-2-11(19)3-9-14/h2-9,15H,10H2,1H3,(H,21,22)/t15-/m1/s1. The predicted octanol–water partition coefficient (Wildman–Crippen LogP) is 4.41. The van der Waals surface area contributed by atoms with Crippen molar-refractivity contribution in [1.29, 1.82) is 0 Å². The summed E-state index contributed by atoms with van der Waals surface area (Å²) in [5, 5.41) is 3.83. The van der Waals surface area contributed by atoms with Crippen molar-refractivity contribution < 1.29 is 9.59 Å². The number of imide groups is 1. The Balaban J connectivity index is 1.71. The Morgan fingerprint density at radius 2 is 1.85 bits per heavy atom. The molecule has 2 aromatic carbocycles. The lowest BCUT2D eigenvalue weighted by atomic mass is 10.3. The molecule has 0 aliphatic carbocycles. The zero-order chi connectivity index (χ0) is 18.7. The van der Waals surface area contributed by atoms with Gasteiger partial charge >= 0.3 is 0 Å². The second-order valence-electron chi connectivity index (χ2n) is 5.52. The van der Waals surface area contributed by atoms with Crippen LogP contribution in [0.2, 0.25) is 5.02 Å². The molecule has 0 spiro atoms. The lowest BCUT2D eigenvalue weighted by Crippen LogP contribution is -2.31. The van der Waals surface area contributed by atoms with Gasteiger partial charge in [0.1, 0.15) is 5.25 Å². The van der Waals surface area contributed by atoms with Crippen molar-refractivity contribution in [2.45, 2.75) is 11.7 Å². The number of anilines is 2. The molecule has 134 valence electrons. The summed E-state index contributed by atoms with van der Waals surface area (Å²) in [5.74, 6) is -0.465. The van der Waals surface area contributed by atoms with E-state index in [4.69, 9.17) is 11.6 Å². The summed E-state index contributed by atoms with van der Waals surface area (Å²) in [6, 6.07) is 14.5. The Labute approximate surface area is 174 Å². The van der Waals surface area contributed by atoms with Crippen molar-refractivity contribution in [2.75, 3.05) is 17.3 Å². The van der Waals surface area contributed by atoms with Crippen LogP contribution in [0.25, 0.3) is 0 Å². The van der Waals surface area contributed by atoms with Gasteiger partial charge in [0.25, 0.3) is 0 Å². The number of rotatable bonds is 3. The smallest absolute Gasteiger partial charge is 0.247 e. The second-order valence-corrected chi connectivity index (χ2v) is 8.39. The number of halogens is 2. The van der Waals surface area contributed by atoms with E-state index >= 15 is 0 Å². The largest absolute Gasteiger partial charge is 0.335 e. The Morgan fingerprint density at radius 1 is 1.19 bits per heavy atom. The van der Waals surface area contributed by atoms with Gasteiger partial charge in [-0.25, -0.2) is 4.90 Å². The van der Waals surface area contributed by atoms with Gasteiger partial charge in [-0.2, -0.15) is 0 Å². The van der Waals surface area contributed by atoms with Crippen molar-refractivity contribution in [1.82, 2.24) is 0 Å². The van der Waals surface area contributed by atoms with Gasteiger partial charge in [-0.1, -0.05) is 23.4 Å². The van der Waals surface area contributed by atoms with Crippen LogP contribution in [-0.2, 0) is 9.59 Å². The molecule has 1 atom stereocenters. The minimum atomic E-state index is -0.506. The maximum absolute atomic E-state index is 12.7. The lowest BCUT2D eigenvalue weighted by Gasteiger charge is -2.15. The third-order valence-electron chi connectivity index (χ3n) is 3.74. The fourth-order valence-electron chi connectivity index (χ4n) is 2.49. The number of hydrogen-bond donors (Lipinski definition) is 1. The summed E-state index contributed by atoms with van der Waals surface area (Å²) in [7, 11) is 1.65. The number of nitrogens with zero attached hydrogens (tertiary/aromatic N) is 2. The summed E-state index contributed by atoms with van der Waals surface area (Å²) in [5.41, 5.74) is 1.41. The van der Waals surface area contributed by atoms with Crippen molar-refractivity contribution in [3.63, 3.8) is 0 Å². The molecular weight excluding hydrogens is 485 g/mol. The van der Waals surface area contributed by atoms with Gasteiger partial charge in [0.2, 0.25) is 11.8 Å². The molecule has 8 heteroatoms. The van der Waals surface area contributed by atoms with Gasteiger partial charge in [0.05, 0.1) is 5.69 Å². The highest BCUT2D eigenvalue weighted by molar-refractivity contribution is 14.1. The summed E-state index contributed by atoms with van der Waals surface area (Å²) in [4.78, 5) is 30.5. The normalized spacial score (nSPS) is 17.7. The summed E-state index contributed by atoms with van der Waals surface area (Å²) in [6.07, 6.45) is 0.138. The van der Waals surface area contributed by atoms with E-state index in [0.717, 1.165) is 9.26 Å². The summed E-state index contributed by atoms with van der Waals surface area (Å²) < 4.78 is 1.13. The molecule has 26 heavy (non-hydrogen) atoms. The van der Waals surface area contributed by atoms with Crippen molar-refractivity contribution in [3.8, 4) is 0 Å². The van der Waals surface area contributed by atoms with Crippen molar-refractivity contribution in [3.05, 3.63) is 57.1 Å². The average molecular weight is 500 g/mol. The first-order chi connectivity index (χ1) is 12.5. The Morgan fingerprint density at radius 3 is 2.46 bits per heavy atom. The van der Waals surface area contributed by atoms with Crippen LogP contribution in [-0.4, -0.2) is 29.3 Å². The first kappa shape index (κ1) is 19.2. The van der Waals surface area contributed by atoms with E-state index in [1.807, 2.05) is 24.3 Å². The minimum absolute atomic E-state index is 0.138.